The van der Waals surface area contributed by atoms with Crippen molar-refractivity contribution >= 4 is 17.4 Å². The number of nitriles is 1. The van der Waals surface area contributed by atoms with Crippen LogP contribution in [0.2, 0.25) is 0 Å². The minimum absolute atomic E-state index is 0.156. The molecule has 0 fully saturated rings. The number of nitrogens with zero attached hydrogens (tertiary/aromatic N) is 3. The van der Waals surface area contributed by atoms with Crippen molar-refractivity contribution in [1.82, 2.24) is 5.16 Å². The Morgan fingerprint density at radius 3 is 3.00 bits per heavy atom. The first-order valence-corrected chi connectivity index (χ1v) is 3.54. The topological polar surface area (TPSA) is 112 Å². The molecule has 1 amide bonds. The van der Waals surface area contributed by atoms with Gasteiger partial charge >= 0.3 is 0 Å². The highest BCUT2D eigenvalue weighted by atomic mass is 16.5. The fourth-order valence-corrected chi connectivity index (χ4v) is 0.719. The van der Waals surface area contributed by atoms with Crippen molar-refractivity contribution in [2.24, 2.45) is 5.16 Å². The number of aromatic nitrogens is 1. The van der Waals surface area contributed by atoms with Crippen LogP contribution in [0.25, 0.3) is 0 Å². The number of aryl methyl sites for hydroxylation is 1. The summed E-state index contributed by atoms with van der Waals surface area (Å²) < 4.78 is 4.66. The van der Waals surface area contributed by atoms with E-state index in [1.54, 1.807) is 6.92 Å². The van der Waals surface area contributed by atoms with Gasteiger partial charge in [-0.15, -0.1) is 0 Å². The molecule has 1 aromatic heterocycles. The summed E-state index contributed by atoms with van der Waals surface area (Å²) in [5.41, 5.74) is -0.648. The van der Waals surface area contributed by atoms with Crippen LogP contribution in [0.5, 0.6) is 0 Å². The van der Waals surface area contributed by atoms with Gasteiger partial charge in [-0.05, 0) is 6.92 Å². The summed E-state index contributed by atoms with van der Waals surface area (Å²) in [5.74, 6) is -0.174. The summed E-state index contributed by atoms with van der Waals surface area (Å²) in [6, 6.07) is 2.87. The maximum Gasteiger partial charge on any atom is 0.289 e. The van der Waals surface area contributed by atoms with Crippen LogP contribution in [0.15, 0.2) is 15.7 Å². The van der Waals surface area contributed by atoms with E-state index in [1.807, 2.05) is 0 Å². The molecule has 1 rings (SSSR count). The van der Waals surface area contributed by atoms with Crippen LogP contribution in [0.4, 0.5) is 5.82 Å². The SMILES string of the molecule is Cc1cc(NC(=O)/C(C#N)=N\O)no1. The molecule has 7 nitrogen and oxygen atoms in total. The number of carbonyl (C=O) groups is 1. The Bertz CT molecular complexity index is 415. The van der Waals surface area contributed by atoms with Crippen molar-refractivity contribution < 1.29 is 14.5 Å². The van der Waals surface area contributed by atoms with Crippen molar-refractivity contribution in [1.29, 1.82) is 5.26 Å². The zero-order chi connectivity index (χ0) is 10.6. The Kier molecular flexibility index (Phi) is 2.81. The number of amides is 1. The lowest BCUT2D eigenvalue weighted by molar-refractivity contribution is -0.110. The van der Waals surface area contributed by atoms with Crippen LogP contribution in [0.3, 0.4) is 0 Å². The van der Waals surface area contributed by atoms with Crippen LogP contribution >= 0.6 is 0 Å². The summed E-state index contributed by atoms with van der Waals surface area (Å²) in [6.45, 7) is 1.65. The van der Waals surface area contributed by atoms with E-state index in [2.05, 4.69) is 20.2 Å². The third-order valence-electron chi connectivity index (χ3n) is 1.29. The molecule has 0 aliphatic carbocycles. The molecule has 2 N–H and O–H groups in total. The number of oxime groups is 1. The van der Waals surface area contributed by atoms with Gasteiger partial charge in [0.1, 0.15) is 11.8 Å². The van der Waals surface area contributed by atoms with Gasteiger partial charge < -0.3 is 15.0 Å². The van der Waals surface area contributed by atoms with Gasteiger partial charge in [0.15, 0.2) is 5.82 Å². The number of hydrogen-bond acceptors (Lipinski definition) is 6. The summed E-state index contributed by atoms with van der Waals surface area (Å²) in [7, 11) is 0. The summed E-state index contributed by atoms with van der Waals surface area (Å²) in [6.07, 6.45) is 0. The first-order chi connectivity index (χ1) is 6.67. The molecular weight excluding hydrogens is 188 g/mol. The van der Waals surface area contributed by atoms with Crippen LogP contribution in [0.1, 0.15) is 5.76 Å². The third-order valence-corrected chi connectivity index (χ3v) is 1.29. The molecule has 0 aromatic carbocycles. The lowest BCUT2D eigenvalue weighted by Gasteiger charge is -1.94. The van der Waals surface area contributed by atoms with Gasteiger partial charge in [-0.1, -0.05) is 10.3 Å². The minimum atomic E-state index is -0.844. The zero-order valence-electron chi connectivity index (χ0n) is 7.18. The van der Waals surface area contributed by atoms with Gasteiger partial charge in [-0.3, -0.25) is 4.79 Å². The number of carbonyl (C=O) groups excluding carboxylic acids is 1. The lowest BCUT2D eigenvalue weighted by atomic mass is 10.4. The molecule has 0 spiro atoms. The van der Waals surface area contributed by atoms with E-state index < -0.39 is 11.6 Å². The predicted octanol–water partition coefficient (Wildman–Crippen LogP) is 0.275. The van der Waals surface area contributed by atoms with E-state index in [0.717, 1.165) is 0 Å². The standard InChI is InChI=1S/C7H6N4O3/c1-4-2-6(11-14-4)9-7(12)5(3-8)10-13/h2,13H,1H3,(H,9,11,12)/b10-5-. The van der Waals surface area contributed by atoms with Gasteiger partial charge in [0.25, 0.3) is 5.91 Å². The van der Waals surface area contributed by atoms with Crippen LogP contribution in [0, 0.1) is 18.3 Å². The highest BCUT2D eigenvalue weighted by Crippen LogP contribution is 2.06. The zero-order valence-corrected chi connectivity index (χ0v) is 7.18. The molecule has 72 valence electrons. The Hall–Kier alpha value is -2.36. The fourth-order valence-electron chi connectivity index (χ4n) is 0.719. The second-order valence-corrected chi connectivity index (χ2v) is 2.34. The second-order valence-electron chi connectivity index (χ2n) is 2.34. The van der Waals surface area contributed by atoms with Crippen LogP contribution in [-0.2, 0) is 4.79 Å². The number of anilines is 1. The molecule has 0 unspecified atom stereocenters. The Morgan fingerprint density at radius 1 is 1.86 bits per heavy atom. The molecule has 0 aliphatic rings. The van der Waals surface area contributed by atoms with Gasteiger partial charge in [0.2, 0.25) is 5.71 Å². The summed E-state index contributed by atoms with van der Waals surface area (Å²) >= 11 is 0. The van der Waals surface area contributed by atoms with Crippen molar-refractivity contribution in [3.8, 4) is 6.07 Å². The number of rotatable bonds is 2. The Labute approximate surface area is 78.6 Å². The van der Waals surface area contributed by atoms with Crippen molar-refractivity contribution in [3.05, 3.63) is 11.8 Å². The quantitative estimate of drug-likeness (QED) is 0.398. The second kappa shape index (κ2) is 4.04. The predicted molar refractivity (Wildman–Crippen MR) is 44.7 cm³/mol. The van der Waals surface area contributed by atoms with Gasteiger partial charge in [0, 0.05) is 6.07 Å². The summed E-state index contributed by atoms with van der Waals surface area (Å²) in [4.78, 5) is 11.1. The summed E-state index contributed by atoms with van der Waals surface area (Å²) in [5, 5.41) is 24.7. The fraction of sp³-hybridized carbons (Fsp3) is 0.143. The number of nitrogens with one attached hydrogen (secondary N) is 1. The maximum absolute atomic E-state index is 11.1. The molecular formula is C7H6N4O3. The molecule has 0 bridgehead atoms. The minimum Gasteiger partial charge on any atom is -0.410 e. The molecule has 7 heteroatoms. The average Bonchev–Trinajstić information content (AvgIpc) is 2.53. The van der Waals surface area contributed by atoms with Gasteiger partial charge in [0.05, 0.1) is 0 Å². The monoisotopic (exact) mass is 194 g/mol. The molecule has 1 heterocycles. The van der Waals surface area contributed by atoms with E-state index >= 15 is 0 Å². The van der Waals surface area contributed by atoms with E-state index in [9.17, 15) is 4.79 Å². The van der Waals surface area contributed by atoms with Gasteiger partial charge in [-0.2, -0.15) is 5.26 Å². The maximum atomic E-state index is 11.1. The van der Waals surface area contributed by atoms with E-state index in [1.165, 1.54) is 12.1 Å². The smallest absolute Gasteiger partial charge is 0.289 e. The van der Waals surface area contributed by atoms with Gasteiger partial charge in [-0.25, -0.2) is 0 Å². The Morgan fingerprint density at radius 2 is 2.57 bits per heavy atom. The molecule has 0 saturated carbocycles. The first-order valence-electron chi connectivity index (χ1n) is 3.54. The van der Waals surface area contributed by atoms with E-state index in [-0.39, 0.29) is 5.82 Å². The van der Waals surface area contributed by atoms with Crippen LogP contribution < -0.4 is 5.32 Å². The normalized spacial score (nSPS) is 10.7. The van der Waals surface area contributed by atoms with E-state index in [4.69, 9.17) is 10.5 Å². The molecule has 1 aromatic rings. The third kappa shape index (κ3) is 2.07. The molecule has 0 radical (unpaired) electrons. The molecule has 0 atom stereocenters. The molecule has 0 saturated heterocycles. The number of hydrogen-bond donors (Lipinski definition) is 2. The van der Waals surface area contributed by atoms with Crippen molar-refractivity contribution in [2.75, 3.05) is 5.32 Å². The highest BCUT2D eigenvalue weighted by molar-refractivity contribution is 6.48. The van der Waals surface area contributed by atoms with Crippen molar-refractivity contribution in [2.45, 2.75) is 6.92 Å². The Balaban J connectivity index is 2.72. The van der Waals surface area contributed by atoms with Crippen molar-refractivity contribution in [3.63, 3.8) is 0 Å². The first kappa shape index (κ1) is 9.73. The molecule has 0 aliphatic heterocycles. The van der Waals surface area contributed by atoms with Crippen LogP contribution in [-0.4, -0.2) is 22.0 Å². The average molecular weight is 194 g/mol. The molecule has 14 heavy (non-hydrogen) atoms. The van der Waals surface area contributed by atoms with E-state index in [0.29, 0.717) is 5.76 Å². The lowest BCUT2D eigenvalue weighted by Crippen LogP contribution is -2.21. The largest absolute Gasteiger partial charge is 0.410 e. The highest BCUT2D eigenvalue weighted by Gasteiger charge is 2.13.